The smallest absolute Gasteiger partial charge is 0.229 e. The molecule has 0 amide bonds. The summed E-state index contributed by atoms with van der Waals surface area (Å²) in [4.78, 5) is 13.3. The number of aliphatic hydroxyl groups is 4. The predicted molar refractivity (Wildman–Crippen MR) is 124 cm³/mol. The van der Waals surface area contributed by atoms with Crippen molar-refractivity contribution in [3.63, 3.8) is 0 Å². The van der Waals surface area contributed by atoms with E-state index in [9.17, 15) is 30.3 Å². The number of benzene rings is 2. The summed E-state index contributed by atoms with van der Waals surface area (Å²) in [6.07, 6.45) is -6.52. The zero-order chi connectivity index (χ0) is 26.1. The minimum absolute atomic E-state index is 0.0675. The van der Waals surface area contributed by atoms with Gasteiger partial charge in [0.25, 0.3) is 0 Å². The maximum absolute atomic E-state index is 13.3. The molecule has 12 nitrogen and oxygen atoms in total. The predicted octanol–water partition coefficient (Wildman–Crippen LogP) is 0.370. The van der Waals surface area contributed by atoms with E-state index in [1.165, 1.54) is 33.7 Å². The van der Waals surface area contributed by atoms with Gasteiger partial charge in [-0.1, -0.05) is 6.07 Å². The van der Waals surface area contributed by atoms with E-state index < -0.39 is 48.5 Å². The van der Waals surface area contributed by atoms with Gasteiger partial charge in [-0.15, -0.1) is 0 Å². The van der Waals surface area contributed by atoms with Gasteiger partial charge in [0.2, 0.25) is 17.5 Å². The second-order valence-corrected chi connectivity index (χ2v) is 7.99. The van der Waals surface area contributed by atoms with Crippen LogP contribution in [0, 0.1) is 0 Å². The quantitative estimate of drug-likeness (QED) is 0.298. The fraction of sp³-hybridized carbons (Fsp3) is 0.375. The summed E-state index contributed by atoms with van der Waals surface area (Å²) in [5.74, 6) is -0.193. The second kappa shape index (κ2) is 10.2. The lowest BCUT2D eigenvalue weighted by Gasteiger charge is -2.39. The SMILES string of the molecule is COc1ccc(-c2coc3cc(O[C@@H]4O[C@H](CO)[C@@H](O)[C@H](O)[C@H]4O)c(OC)c(O)c3c2=O)cc1OC. The molecule has 1 aliphatic heterocycles. The number of rotatable bonds is 7. The molecule has 0 aliphatic carbocycles. The van der Waals surface area contributed by atoms with E-state index in [1.54, 1.807) is 18.2 Å². The Kier molecular flexibility index (Phi) is 7.24. The minimum Gasteiger partial charge on any atom is -0.504 e. The van der Waals surface area contributed by atoms with E-state index in [4.69, 9.17) is 28.1 Å². The summed E-state index contributed by atoms with van der Waals surface area (Å²) < 4.78 is 32.3. The summed E-state index contributed by atoms with van der Waals surface area (Å²) >= 11 is 0. The van der Waals surface area contributed by atoms with Crippen molar-refractivity contribution < 1.29 is 53.6 Å². The monoisotopic (exact) mass is 506 g/mol. The number of hydrogen-bond donors (Lipinski definition) is 5. The molecule has 2 heterocycles. The zero-order valence-corrected chi connectivity index (χ0v) is 19.6. The van der Waals surface area contributed by atoms with Gasteiger partial charge in [-0.2, -0.15) is 0 Å². The standard InChI is InChI=1S/C24H26O12/c1-31-12-5-4-10(6-13(12)32-2)11-9-34-14-7-15(23(33-3)20(28)17(14)18(11)26)35-24-22(30)21(29)19(27)16(8-25)36-24/h4-7,9,16,19,21-22,24-25,27-30H,8H2,1-3H3/t16-,19-,21+,22-,24-/m1/s1. The van der Waals surface area contributed by atoms with Crippen LogP contribution in [0.15, 0.2) is 39.7 Å². The van der Waals surface area contributed by atoms with Crippen molar-refractivity contribution in [3.05, 3.63) is 40.8 Å². The molecule has 0 saturated carbocycles. The molecule has 194 valence electrons. The number of fused-ring (bicyclic) bond motifs is 1. The number of phenolic OH excluding ortho intramolecular Hbond substituents is 1. The van der Waals surface area contributed by atoms with Crippen molar-refractivity contribution in [3.8, 4) is 39.9 Å². The lowest BCUT2D eigenvalue weighted by Crippen LogP contribution is -2.60. The van der Waals surface area contributed by atoms with Gasteiger partial charge in [-0.05, 0) is 17.7 Å². The van der Waals surface area contributed by atoms with Crippen LogP contribution in [-0.4, -0.2) is 84.2 Å². The average Bonchev–Trinajstić information content (AvgIpc) is 2.88. The van der Waals surface area contributed by atoms with Crippen molar-refractivity contribution in [2.45, 2.75) is 30.7 Å². The first-order valence-electron chi connectivity index (χ1n) is 10.8. The molecular formula is C24H26O12. The van der Waals surface area contributed by atoms with Crippen LogP contribution >= 0.6 is 0 Å². The van der Waals surface area contributed by atoms with Crippen molar-refractivity contribution >= 4 is 11.0 Å². The van der Waals surface area contributed by atoms with Gasteiger partial charge in [-0.25, -0.2) is 0 Å². The molecule has 0 spiro atoms. The van der Waals surface area contributed by atoms with E-state index in [0.717, 1.165) is 0 Å². The molecule has 36 heavy (non-hydrogen) atoms. The first-order chi connectivity index (χ1) is 17.2. The average molecular weight is 506 g/mol. The topological polar surface area (TPSA) is 178 Å². The third-order valence-electron chi connectivity index (χ3n) is 5.95. The Balaban J connectivity index is 1.78. The summed E-state index contributed by atoms with van der Waals surface area (Å²) in [6.45, 7) is -0.654. The van der Waals surface area contributed by atoms with Crippen molar-refractivity contribution in [2.75, 3.05) is 27.9 Å². The minimum atomic E-state index is -1.70. The molecule has 0 bridgehead atoms. The number of aromatic hydroxyl groups is 1. The van der Waals surface area contributed by atoms with Crippen LogP contribution in [0.2, 0.25) is 0 Å². The number of phenols is 1. The van der Waals surface area contributed by atoms with E-state index >= 15 is 0 Å². The van der Waals surface area contributed by atoms with Gasteiger partial charge in [0.1, 0.15) is 41.6 Å². The molecule has 2 aromatic carbocycles. The normalized spacial score (nSPS) is 23.9. The fourth-order valence-electron chi connectivity index (χ4n) is 4.00. The van der Waals surface area contributed by atoms with E-state index in [0.29, 0.717) is 17.1 Å². The lowest BCUT2D eigenvalue weighted by molar-refractivity contribution is -0.277. The van der Waals surface area contributed by atoms with Crippen LogP contribution in [0.4, 0.5) is 0 Å². The van der Waals surface area contributed by atoms with Crippen molar-refractivity contribution in [1.82, 2.24) is 0 Å². The fourth-order valence-corrected chi connectivity index (χ4v) is 4.00. The molecular weight excluding hydrogens is 480 g/mol. The Bertz CT molecular complexity index is 1300. The van der Waals surface area contributed by atoms with Crippen LogP contribution < -0.4 is 24.4 Å². The van der Waals surface area contributed by atoms with Crippen LogP contribution in [0.5, 0.6) is 28.7 Å². The van der Waals surface area contributed by atoms with Gasteiger partial charge in [-0.3, -0.25) is 4.79 Å². The maximum atomic E-state index is 13.3. The van der Waals surface area contributed by atoms with Gasteiger partial charge >= 0.3 is 0 Å². The molecule has 1 saturated heterocycles. The summed E-state index contributed by atoms with van der Waals surface area (Å²) in [7, 11) is 4.16. The third-order valence-corrected chi connectivity index (χ3v) is 5.95. The van der Waals surface area contributed by atoms with E-state index in [2.05, 4.69) is 0 Å². The summed E-state index contributed by atoms with van der Waals surface area (Å²) in [5, 5.41) is 50.4. The second-order valence-electron chi connectivity index (χ2n) is 7.99. The number of methoxy groups -OCH3 is 3. The summed E-state index contributed by atoms with van der Waals surface area (Å²) in [6, 6.07) is 6.08. The van der Waals surface area contributed by atoms with E-state index in [-0.39, 0.29) is 28.0 Å². The highest BCUT2D eigenvalue weighted by atomic mass is 16.7. The van der Waals surface area contributed by atoms with Crippen molar-refractivity contribution in [2.24, 2.45) is 0 Å². The highest BCUT2D eigenvalue weighted by molar-refractivity contribution is 5.91. The number of ether oxygens (including phenoxy) is 5. The molecule has 4 rings (SSSR count). The molecule has 0 radical (unpaired) electrons. The third kappa shape index (κ3) is 4.29. The van der Waals surface area contributed by atoms with Gasteiger partial charge in [0, 0.05) is 6.07 Å². The van der Waals surface area contributed by atoms with Gasteiger partial charge in [0.15, 0.2) is 23.0 Å². The number of aliphatic hydroxyl groups excluding tert-OH is 4. The highest BCUT2D eigenvalue weighted by Crippen LogP contribution is 2.43. The molecule has 3 aromatic rings. The van der Waals surface area contributed by atoms with Crippen molar-refractivity contribution in [1.29, 1.82) is 0 Å². The molecule has 12 heteroatoms. The first-order valence-corrected chi connectivity index (χ1v) is 10.8. The maximum Gasteiger partial charge on any atom is 0.229 e. The largest absolute Gasteiger partial charge is 0.504 e. The van der Waals surface area contributed by atoms with Gasteiger partial charge in [0.05, 0.1) is 33.5 Å². The van der Waals surface area contributed by atoms with Crippen LogP contribution in [-0.2, 0) is 4.74 Å². The number of hydrogen-bond acceptors (Lipinski definition) is 12. The first kappa shape index (κ1) is 25.5. The lowest BCUT2D eigenvalue weighted by atomic mass is 9.99. The van der Waals surface area contributed by atoms with Gasteiger partial charge < -0.3 is 53.6 Å². The Morgan fingerprint density at radius 1 is 0.917 bits per heavy atom. The summed E-state index contributed by atoms with van der Waals surface area (Å²) in [5.41, 5.74) is -0.0625. The molecule has 1 aliphatic rings. The van der Waals surface area contributed by atoms with Crippen LogP contribution in [0.1, 0.15) is 0 Å². The highest BCUT2D eigenvalue weighted by Gasteiger charge is 2.45. The Hall–Kier alpha value is -3.55. The van der Waals surface area contributed by atoms with Crippen LogP contribution in [0.3, 0.4) is 0 Å². The molecule has 5 atom stereocenters. The van der Waals surface area contributed by atoms with Crippen LogP contribution in [0.25, 0.3) is 22.1 Å². The Labute approximate surface area is 204 Å². The zero-order valence-electron chi connectivity index (χ0n) is 19.6. The molecule has 0 unspecified atom stereocenters. The molecule has 1 aromatic heterocycles. The Morgan fingerprint density at radius 3 is 2.28 bits per heavy atom. The molecule has 1 fully saturated rings. The van der Waals surface area contributed by atoms with E-state index in [1.807, 2.05) is 0 Å². The molecule has 5 N–H and O–H groups in total. The Morgan fingerprint density at radius 2 is 1.64 bits per heavy atom.